The number of alkyl halides is 5. The van der Waals surface area contributed by atoms with Crippen LogP contribution < -0.4 is 14.9 Å². The number of benzene rings is 2. The number of rotatable bonds is 7. The van der Waals surface area contributed by atoms with Crippen LogP contribution in [0.1, 0.15) is 22.5 Å². The van der Waals surface area contributed by atoms with Gasteiger partial charge in [-0.2, -0.15) is 13.2 Å². The number of halogens is 6. The molecule has 0 bridgehead atoms. The number of hydrogen-bond donors (Lipinski definition) is 2. The topological polar surface area (TPSA) is 91.6 Å². The van der Waals surface area contributed by atoms with E-state index >= 15 is 0 Å². The zero-order chi connectivity index (χ0) is 25.5. The molecule has 3 aromatic rings. The summed E-state index contributed by atoms with van der Waals surface area (Å²) in [6.07, 6.45) is -6.96. The summed E-state index contributed by atoms with van der Waals surface area (Å²) in [6.45, 7) is 0.357. The number of nitrogens with one attached hydrogen (secondary N) is 2. The van der Waals surface area contributed by atoms with E-state index in [4.69, 9.17) is 4.42 Å². The first-order chi connectivity index (χ1) is 16.3. The van der Waals surface area contributed by atoms with Crippen LogP contribution in [-0.2, 0) is 16.2 Å². The highest BCUT2D eigenvalue weighted by Gasteiger charge is 2.34. The fourth-order valence-electron chi connectivity index (χ4n) is 3.43. The number of hydrogen-bond acceptors (Lipinski definition) is 6. The number of fused-ring (bicyclic) bond motifs is 1. The monoisotopic (exact) mass is 521 g/mol. The molecule has 0 unspecified atom stereocenters. The fraction of sp³-hybridized carbons (Fsp3) is 0.286. The van der Waals surface area contributed by atoms with Crippen molar-refractivity contribution < 1.29 is 44.0 Å². The predicted molar refractivity (Wildman–Crippen MR) is 114 cm³/mol. The summed E-state index contributed by atoms with van der Waals surface area (Å²) in [4.78, 5) is 13.4. The van der Waals surface area contributed by atoms with Crippen molar-refractivity contribution >= 4 is 38.3 Å². The maximum absolute atomic E-state index is 14.5. The van der Waals surface area contributed by atoms with E-state index in [9.17, 15) is 39.6 Å². The predicted octanol–water partition coefficient (Wildman–Crippen LogP) is 4.60. The van der Waals surface area contributed by atoms with Crippen LogP contribution in [0, 0.1) is 5.82 Å². The fourth-order valence-corrected chi connectivity index (χ4v) is 4.60. The SMILES string of the molecule is O=C(NS(=O)(=O)c1cc(C(F)(F)F)ccc1NCC(F)F)c1cc2c(F)cc(N3CCC3)cc2o1. The molecule has 1 amide bonds. The second-order valence-electron chi connectivity index (χ2n) is 7.71. The first-order valence-corrected chi connectivity index (χ1v) is 11.6. The van der Waals surface area contributed by atoms with E-state index in [2.05, 4.69) is 0 Å². The molecule has 0 aliphatic carbocycles. The molecule has 0 radical (unpaired) electrons. The van der Waals surface area contributed by atoms with Crippen molar-refractivity contribution in [1.29, 1.82) is 0 Å². The second kappa shape index (κ2) is 8.98. The molecule has 1 aliphatic rings. The Labute approximate surface area is 194 Å². The summed E-state index contributed by atoms with van der Waals surface area (Å²) < 4.78 is 111. The number of carbonyl (C=O) groups is 1. The van der Waals surface area contributed by atoms with Gasteiger partial charge in [0.05, 0.1) is 23.2 Å². The summed E-state index contributed by atoms with van der Waals surface area (Å²) in [5.41, 5.74) is -1.48. The Morgan fingerprint density at radius 3 is 2.43 bits per heavy atom. The molecular formula is C21H17F6N3O4S. The lowest BCUT2D eigenvalue weighted by molar-refractivity contribution is -0.137. The van der Waals surface area contributed by atoms with Gasteiger partial charge >= 0.3 is 12.1 Å². The van der Waals surface area contributed by atoms with Gasteiger partial charge in [-0.3, -0.25) is 4.79 Å². The quantitative estimate of drug-likeness (QED) is 0.442. The van der Waals surface area contributed by atoms with Crippen molar-refractivity contribution in [2.75, 3.05) is 29.9 Å². The largest absolute Gasteiger partial charge is 0.451 e. The second-order valence-corrected chi connectivity index (χ2v) is 9.36. The van der Waals surface area contributed by atoms with Crippen molar-refractivity contribution in [1.82, 2.24) is 4.72 Å². The van der Waals surface area contributed by atoms with Gasteiger partial charge in [-0.05, 0) is 30.7 Å². The number of carbonyl (C=O) groups excluding carboxylic acids is 1. The molecule has 2 heterocycles. The van der Waals surface area contributed by atoms with Gasteiger partial charge in [0.1, 0.15) is 16.3 Å². The van der Waals surface area contributed by atoms with Gasteiger partial charge in [0.2, 0.25) is 0 Å². The minimum atomic E-state index is -5.00. The van der Waals surface area contributed by atoms with Crippen molar-refractivity contribution in [3.63, 3.8) is 0 Å². The molecule has 0 atom stereocenters. The summed E-state index contributed by atoms with van der Waals surface area (Å²) in [6, 6.07) is 5.05. The summed E-state index contributed by atoms with van der Waals surface area (Å²) in [7, 11) is -5.00. The van der Waals surface area contributed by atoms with E-state index in [-0.39, 0.29) is 17.0 Å². The molecule has 35 heavy (non-hydrogen) atoms. The minimum Gasteiger partial charge on any atom is -0.451 e. The zero-order valence-electron chi connectivity index (χ0n) is 17.6. The molecule has 0 saturated carbocycles. The average molecular weight is 521 g/mol. The molecule has 1 saturated heterocycles. The van der Waals surface area contributed by atoms with Crippen LogP contribution in [0.2, 0.25) is 0 Å². The molecule has 2 N–H and O–H groups in total. The van der Waals surface area contributed by atoms with Gasteiger partial charge in [0, 0.05) is 30.9 Å². The van der Waals surface area contributed by atoms with E-state index in [1.54, 1.807) is 4.72 Å². The van der Waals surface area contributed by atoms with Crippen molar-refractivity contribution in [3.8, 4) is 0 Å². The van der Waals surface area contributed by atoms with Crippen LogP contribution in [0.4, 0.5) is 37.7 Å². The highest BCUT2D eigenvalue weighted by atomic mass is 32.2. The number of nitrogens with zero attached hydrogens (tertiary/aromatic N) is 1. The molecule has 188 valence electrons. The van der Waals surface area contributed by atoms with E-state index < -0.39 is 62.8 Å². The Hall–Kier alpha value is -3.42. The molecule has 0 spiro atoms. The third kappa shape index (κ3) is 5.16. The van der Waals surface area contributed by atoms with E-state index in [0.717, 1.165) is 12.5 Å². The number of furan rings is 1. The van der Waals surface area contributed by atoms with Crippen molar-refractivity contribution in [2.45, 2.75) is 23.9 Å². The lowest BCUT2D eigenvalue weighted by Gasteiger charge is -2.33. The third-order valence-corrected chi connectivity index (χ3v) is 6.66. The normalized spacial score (nSPS) is 14.3. The van der Waals surface area contributed by atoms with Crippen molar-refractivity contribution in [3.05, 3.63) is 53.5 Å². The van der Waals surface area contributed by atoms with Gasteiger partial charge in [0.25, 0.3) is 16.4 Å². The number of amides is 1. The molecule has 7 nitrogen and oxygen atoms in total. The Kier molecular flexibility index (Phi) is 6.34. The van der Waals surface area contributed by atoms with Crippen LogP contribution >= 0.6 is 0 Å². The molecule has 1 fully saturated rings. The maximum atomic E-state index is 14.5. The molecule has 1 aliphatic heterocycles. The zero-order valence-corrected chi connectivity index (χ0v) is 18.4. The Balaban J connectivity index is 1.65. The van der Waals surface area contributed by atoms with Gasteiger partial charge < -0.3 is 14.6 Å². The van der Waals surface area contributed by atoms with E-state index in [1.165, 1.54) is 12.1 Å². The van der Waals surface area contributed by atoms with Gasteiger partial charge in [0.15, 0.2) is 5.76 Å². The van der Waals surface area contributed by atoms with Crippen LogP contribution in [0.5, 0.6) is 0 Å². The maximum Gasteiger partial charge on any atom is 0.416 e. The number of sulfonamides is 1. The Bertz CT molecular complexity index is 1380. The van der Waals surface area contributed by atoms with Gasteiger partial charge in [-0.1, -0.05) is 0 Å². The van der Waals surface area contributed by atoms with Crippen molar-refractivity contribution in [2.24, 2.45) is 0 Å². The Morgan fingerprint density at radius 2 is 1.83 bits per heavy atom. The highest BCUT2D eigenvalue weighted by Crippen LogP contribution is 2.34. The first-order valence-electron chi connectivity index (χ1n) is 10.1. The molecule has 2 aromatic carbocycles. The summed E-state index contributed by atoms with van der Waals surface area (Å²) in [5.74, 6) is -2.72. The minimum absolute atomic E-state index is 0.0344. The van der Waals surface area contributed by atoms with E-state index in [0.29, 0.717) is 30.9 Å². The standard InChI is InChI=1S/C21H17F6N3O4S/c22-14-7-12(30-4-1-5-30)8-16-13(14)9-17(34-16)20(31)29-35(32,33)18-6-11(21(25,26)27)2-3-15(18)28-10-19(23)24/h2-3,6-9,19,28H,1,4-5,10H2,(H,29,31). The van der Waals surface area contributed by atoms with Gasteiger partial charge in [-0.25, -0.2) is 26.3 Å². The average Bonchev–Trinajstić information content (AvgIpc) is 3.15. The van der Waals surface area contributed by atoms with Crippen LogP contribution in [0.25, 0.3) is 11.0 Å². The number of anilines is 2. The molecule has 4 rings (SSSR count). The Morgan fingerprint density at radius 1 is 1.11 bits per heavy atom. The molecule has 14 heteroatoms. The first kappa shape index (κ1) is 24.7. The van der Waals surface area contributed by atoms with Crippen LogP contribution in [0.3, 0.4) is 0 Å². The summed E-state index contributed by atoms with van der Waals surface area (Å²) in [5, 5.41) is 1.94. The lowest BCUT2D eigenvalue weighted by Crippen LogP contribution is -2.36. The van der Waals surface area contributed by atoms with Crippen LogP contribution in [0.15, 0.2) is 45.7 Å². The molecule has 1 aromatic heterocycles. The van der Waals surface area contributed by atoms with Crippen LogP contribution in [-0.4, -0.2) is 40.4 Å². The smallest absolute Gasteiger partial charge is 0.416 e. The lowest BCUT2D eigenvalue weighted by atomic mass is 10.1. The molecular weight excluding hydrogens is 504 g/mol. The van der Waals surface area contributed by atoms with E-state index in [1.807, 2.05) is 10.2 Å². The van der Waals surface area contributed by atoms with Gasteiger partial charge in [-0.15, -0.1) is 0 Å². The third-order valence-electron chi connectivity index (χ3n) is 5.29. The summed E-state index contributed by atoms with van der Waals surface area (Å²) >= 11 is 0. The highest BCUT2D eigenvalue weighted by molar-refractivity contribution is 7.90.